The molecule has 1 aromatic heterocycles. The van der Waals surface area contributed by atoms with Crippen LogP contribution in [0.3, 0.4) is 0 Å². The molecule has 1 amide bonds. The molecule has 2 aromatic rings. The Morgan fingerprint density at radius 3 is 2.55 bits per heavy atom. The fourth-order valence-corrected chi connectivity index (χ4v) is 3.42. The maximum atomic E-state index is 12.1. The standard InChI is InChI=1S/C16H18BrNOS/c1-18(16(19)14-10-11-15(17)20-14)12-6-5-9-13-7-3-2-4-8-13/h2-4,7-8,10-11H,5-6,9,12H2,1H3. The number of unbranched alkanes of at least 4 members (excludes halogenated alkanes) is 1. The molecule has 0 spiro atoms. The number of halogens is 1. The van der Waals surface area contributed by atoms with Gasteiger partial charge in [0, 0.05) is 13.6 Å². The number of carbonyl (C=O) groups is 1. The highest BCUT2D eigenvalue weighted by molar-refractivity contribution is 9.11. The molecular weight excluding hydrogens is 334 g/mol. The van der Waals surface area contributed by atoms with Gasteiger partial charge in [0.05, 0.1) is 8.66 Å². The van der Waals surface area contributed by atoms with E-state index >= 15 is 0 Å². The van der Waals surface area contributed by atoms with Crippen molar-refractivity contribution in [2.75, 3.05) is 13.6 Å². The van der Waals surface area contributed by atoms with E-state index in [1.807, 2.05) is 30.1 Å². The normalized spacial score (nSPS) is 10.5. The zero-order chi connectivity index (χ0) is 14.4. The monoisotopic (exact) mass is 351 g/mol. The van der Waals surface area contributed by atoms with E-state index in [0.29, 0.717) is 0 Å². The minimum Gasteiger partial charge on any atom is -0.341 e. The molecule has 0 aliphatic heterocycles. The van der Waals surface area contributed by atoms with Crippen molar-refractivity contribution in [2.24, 2.45) is 0 Å². The SMILES string of the molecule is CN(CCCCc1ccccc1)C(=O)c1ccc(Br)s1. The van der Waals surface area contributed by atoms with Gasteiger partial charge < -0.3 is 4.90 Å². The number of aryl methyl sites for hydroxylation is 1. The van der Waals surface area contributed by atoms with Gasteiger partial charge in [-0.05, 0) is 52.9 Å². The molecule has 4 heteroatoms. The third kappa shape index (κ3) is 4.46. The van der Waals surface area contributed by atoms with Crippen LogP contribution in [-0.2, 0) is 6.42 Å². The van der Waals surface area contributed by atoms with Crippen molar-refractivity contribution < 1.29 is 4.79 Å². The molecule has 0 atom stereocenters. The third-order valence-corrected chi connectivity index (χ3v) is 4.79. The minimum absolute atomic E-state index is 0.111. The molecule has 1 heterocycles. The lowest BCUT2D eigenvalue weighted by Crippen LogP contribution is -2.27. The smallest absolute Gasteiger partial charge is 0.263 e. The Hall–Kier alpha value is -1.13. The van der Waals surface area contributed by atoms with Crippen molar-refractivity contribution in [3.05, 3.63) is 56.7 Å². The largest absolute Gasteiger partial charge is 0.341 e. The van der Waals surface area contributed by atoms with Crippen LogP contribution in [0.5, 0.6) is 0 Å². The average Bonchev–Trinajstić information content (AvgIpc) is 2.90. The molecule has 0 aliphatic carbocycles. The predicted molar refractivity (Wildman–Crippen MR) is 88.4 cm³/mol. The Labute approximate surface area is 132 Å². The van der Waals surface area contributed by atoms with Crippen LogP contribution in [0.15, 0.2) is 46.3 Å². The Morgan fingerprint density at radius 2 is 1.90 bits per heavy atom. The Bertz CT molecular complexity index is 553. The van der Waals surface area contributed by atoms with E-state index in [2.05, 4.69) is 40.2 Å². The van der Waals surface area contributed by atoms with Gasteiger partial charge in [-0.15, -0.1) is 11.3 Å². The minimum atomic E-state index is 0.111. The van der Waals surface area contributed by atoms with Gasteiger partial charge in [0.25, 0.3) is 5.91 Å². The zero-order valence-corrected chi connectivity index (χ0v) is 13.9. The van der Waals surface area contributed by atoms with Crippen LogP contribution in [-0.4, -0.2) is 24.4 Å². The van der Waals surface area contributed by atoms with Crippen LogP contribution in [0.2, 0.25) is 0 Å². The fourth-order valence-electron chi connectivity index (χ4n) is 2.04. The zero-order valence-electron chi connectivity index (χ0n) is 11.5. The summed E-state index contributed by atoms with van der Waals surface area (Å²) in [6.45, 7) is 0.807. The summed E-state index contributed by atoms with van der Waals surface area (Å²) in [7, 11) is 1.87. The molecule has 0 N–H and O–H groups in total. The number of benzene rings is 1. The molecule has 0 saturated heterocycles. The second kappa shape index (κ2) is 7.60. The van der Waals surface area contributed by atoms with Crippen LogP contribution in [0, 0.1) is 0 Å². The summed E-state index contributed by atoms with van der Waals surface area (Å²) in [5.41, 5.74) is 1.36. The second-order valence-electron chi connectivity index (χ2n) is 4.77. The molecule has 0 unspecified atom stereocenters. The van der Waals surface area contributed by atoms with Crippen molar-refractivity contribution in [3.63, 3.8) is 0 Å². The van der Waals surface area contributed by atoms with E-state index in [0.717, 1.165) is 34.5 Å². The summed E-state index contributed by atoms with van der Waals surface area (Å²) in [5.74, 6) is 0.111. The lowest BCUT2D eigenvalue weighted by atomic mass is 10.1. The molecule has 106 valence electrons. The van der Waals surface area contributed by atoms with Gasteiger partial charge in [-0.25, -0.2) is 0 Å². The fraction of sp³-hybridized carbons (Fsp3) is 0.312. The van der Waals surface area contributed by atoms with Crippen molar-refractivity contribution in [1.82, 2.24) is 4.90 Å². The van der Waals surface area contributed by atoms with E-state index in [9.17, 15) is 4.79 Å². The molecule has 0 radical (unpaired) electrons. The first-order chi connectivity index (χ1) is 9.66. The summed E-state index contributed by atoms with van der Waals surface area (Å²) < 4.78 is 0.998. The molecule has 20 heavy (non-hydrogen) atoms. The number of carbonyl (C=O) groups excluding carboxylic acids is 1. The number of thiophene rings is 1. The van der Waals surface area contributed by atoms with Crippen LogP contribution in [0.4, 0.5) is 0 Å². The number of amides is 1. The summed E-state index contributed by atoms with van der Waals surface area (Å²) in [5, 5.41) is 0. The van der Waals surface area contributed by atoms with E-state index in [1.165, 1.54) is 16.9 Å². The molecule has 2 rings (SSSR count). The lowest BCUT2D eigenvalue weighted by molar-refractivity contribution is 0.0797. The lowest BCUT2D eigenvalue weighted by Gasteiger charge is -2.16. The van der Waals surface area contributed by atoms with Crippen LogP contribution >= 0.6 is 27.3 Å². The van der Waals surface area contributed by atoms with Crippen molar-refractivity contribution >= 4 is 33.2 Å². The maximum absolute atomic E-state index is 12.1. The Morgan fingerprint density at radius 1 is 1.15 bits per heavy atom. The van der Waals surface area contributed by atoms with Gasteiger partial charge in [-0.3, -0.25) is 4.79 Å². The first-order valence-corrected chi connectivity index (χ1v) is 8.32. The summed E-state index contributed by atoms with van der Waals surface area (Å²) in [4.78, 5) is 14.7. The predicted octanol–water partition coefficient (Wildman–Crippen LogP) is 4.61. The second-order valence-corrected chi connectivity index (χ2v) is 7.24. The Balaban J connectivity index is 1.72. The first-order valence-electron chi connectivity index (χ1n) is 6.71. The van der Waals surface area contributed by atoms with E-state index in [4.69, 9.17) is 0 Å². The van der Waals surface area contributed by atoms with Gasteiger partial charge in [0.1, 0.15) is 0 Å². The molecule has 0 bridgehead atoms. The molecular formula is C16H18BrNOS. The molecule has 2 nitrogen and oxygen atoms in total. The molecule has 1 aromatic carbocycles. The van der Waals surface area contributed by atoms with E-state index in [1.54, 1.807) is 0 Å². The molecule has 0 aliphatic rings. The molecule has 0 fully saturated rings. The highest BCUT2D eigenvalue weighted by Crippen LogP contribution is 2.23. The van der Waals surface area contributed by atoms with E-state index in [-0.39, 0.29) is 5.91 Å². The van der Waals surface area contributed by atoms with E-state index < -0.39 is 0 Å². The van der Waals surface area contributed by atoms with Gasteiger partial charge in [0.2, 0.25) is 0 Å². The van der Waals surface area contributed by atoms with Crippen molar-refractivity contribution in [3.8, 4) is 0 Å². The first kappa shape index (κ1) is 15.3. The van der Waals surface area contributed by atoms with Crippen molar-refractivity contribution in [1.29, 1.82) is 0 Å². The maximum Gasteiger partial charge on any atom is 0.263 e. The van der Waals surface area contributed by atoms with Crippen LogP contribution in [0.1, 0.15) is 28.1 Å². The molecule has 0 saturated carbocycles. The quantitative estimate of drug-likeness (QED) is 0.696. The van der Waals surface area contributed by atoms with Gasteiger partial charge in [0.15, 0.2) is 0 Å². The number of rotatable bonds is 6. The third-order valence-electron chi connectivity index (χ3n) is 3.18. The average molecular weight is 352 g/mol. The van der Waals surface area contributed by atoms with Gasteiger partial charge >= 0.3 is 0 Å². The topological polar surface area (TPSA) is 20.3 Å². The van der Waals surface area contributed by atoms with Crippen molar-refractivity contribution in [2.45, 2.75) is 19.3 Å². The van der Waals surface area contributed by atoms with Crippen LogP contribution in [0.25, 0.3) is 0 Å². The van der Waals surface area contributed by atoms with Crippen LogP contribution < -0.4 is 0 Å². The summed E-state index contributed by atoms with van der Waals surface area (Å²) in [6, 6.07) is 14.3. The number of hydrogen-bond acceptors (Lipinski definition) is 2. The summed E-state index contributed by atoms with van der Waals surface area (Å²) in [6.07, 6.45) is 3.22. The number of hydrogen-bond donors (Lipinski definition) is 0. The highest BCUT2D eigenvalue weighted by Gasteiger charge is 2.13. The number of nitrogens with zero attached hydrogens (tertiary/aromatic N) is 1. The van der Waals surface area contributed by atoms with Gasteiger partial charge in [-0.1, -0.05) is 30.3 Å². The highest BCUT2D eigenvalue weighted by atomic mass is 79.9. The Kier molecular flexibility index (Phi) is 5.80. The van der Waals surface area contributed by atoms with Gasteiger partial charge in [-0.2, -0.15) is 0 Å². The summed E-state index contributed by atoms with van der Waals surface area (Å²) >= 11 is 4.87.